The highest BCUT2D eigenvalue weighted by Crippen LogP contribution is 2.76. The highest BCUT2D eigenvalue weighted by Gasteiger charge is 2.65. The molecule has 3 nitrogen and oxygen atoms in total. The lowest BCUT2D eigenvalue weighted by Crippen LogP contribution is -2.41. The molecule has 4 aromatic carbocycles. The molecule has 6 fully saturated rings. The van der Waals surface area contributed by atoms with Gasteiger partial charge in [0, 0.05) is 37.9 Å². The summed E-state index contributed by atoms with van der Waals surface area (Å²) in [6.07, 6.45) is 18.3. The first-order valence-electron chi connectivity index (χ1n) is 22.5. The number of benzene rings is 4. The van der Waals surface area contributed by atoms with Crippen LogP contribution in [0.1, 0.15) is 166 Å². The van der Waals surface area contributed by atoms with Gasteiger partial charge in [-0.05, 0) is 212 Å². The Balaban J connectivity index is 1.07. The van der Waals surface area contributed by atoms with Crippen molar-refractivity contribution in [3.8, 4) is 0 Å². The van der Waals surface area contributed by atoms with Gasteiger partial charge in [0.2, 0.25) is 0 Å². The van der Waals surface area contributed by atoms with Crippen LogP contribution in [0.25, 0.3) is 60.0 Å². The number of aromatic nitrogens is 1. The van der Waals surface area contributed by atoms with E-state index in [0.29, 0.717) is 29.0 Å². The van der Waals surface area contributed by atoms with Crippen LogP contribution in [-0.2, 0) is 5.41 Å². The topological polar surface area (TPSA) is 34.6 Å². The van der Waals surface area contributed by atoms with E-state index in [9.17, 15) is 4.79 Å². The number of fused-ring (bicyclic) bond motifs is 17. The van der Waals surface area contributed by atoms with Crippen LogP contribution in [0.2, 0.25) is 0 Å². The number of Topliss-reactive ketones (excluding diaryl/α,β-unsaturated/α-hetero) is 1. The fourth-order valence-corrected chi connectivity index (χ4v) is 17.4. The van der Waals surface area contributed by atoms with E-state index in [4.69, 9.17) is 4.42 Å². The second-order valence-electron chi connectivity index (χ2n) is 22.2. The molecule has 0 saturated heterocycles. The third-order valence-corrected chi connectivity index (χ3v) is 19.9. The van der Waals surface area contributed by atoms with E-state index in [1.54, 1.807) is 22.3 Å². The molecule has 3 heterocycles. The minimum Gasteiger partial charge on any atom is -0.455 e. The van der Waals surface area contributed by atoms with Gasteiger partial charge in [0.25, 0.3) is 0 Å². The third kappa shape index (κ3) is 3.12. The number of ketones is 1. The molecular formula is C52H49NO2. The highest BCUT2D eigenvalue weighted by atomic mass is 16.3. The average molecular weight is 720 g/mol. The molecule has 0 N–H and O–H groups in total. The van der Waals surface area contributed by atoms with E-state index in [1.165, 1.54) is 119 Å². The summed E-state index contributed by atoms with van der Waals surface area (Å²) in [5, 5.41) is 8.22. The first-order valence-corrected chi connectivity index (χ1v) is 22.5. The van der Waals surface area contributed by atoms with Crippen LogP contribution < -0.4 is 0 Å². The van der Waals surface area contributed by atoms with Crippen LogP contribution in [0, 0.1) is 34.5 Å². The molecule has 11 aliphatic rings. The highest BCUT2D eigenvalue weighted by molar-refractivity contribution is 6.33. The minimum atomic E-state index is -0.253. The normalized spacial score (nSPS) is 40.1. The maximum Gasteiger partial charge on any atom is 0.169 e. The van der Waals surface area contributed by atoms with E-state index in [2.05, 4.69) is 60.7 Å². The van der Waals surface area contributed by atoms with Crippen LogP contribution in [-0.4, -0.2) is 10.2 Å². The number of carbonyl (C=O) groups excluding carboxylic acids is 1. The zero-order valence-corrected chi connectivity index (χ0v) is 32.3. The van der Waals surface area contributed by atoms with Crippen molar-refractivity contribution >= 4 is 65.8 Å². The van der Waals surface area contributed by atoms with Gasteiger partial charge in [0.15, 0.2) is 5.78 Å². The summed E-state index contributed by atoms with van der Waals surface area (Å²) in [5.41, 5.74) is 15.5. The molecule has 9 bridgehead atoms. The van der Waals surface area contributed by atoms with Gasteiger partial charge >= 0.3 is 0 Å². The van der Waals surface area contributed by atoms with Gasteiger partial charge in [-0.1, -0.05) is 19.9 Å². The van der Waals surface area contributed by atoms with Crippen LogP contribution in [0.4, 0.5) is 0 Å². The molecule has 11 aliphatic carbocycles. The fraction of sp³-hybridized carbons (Fsp3) is 0.519. The van der Waals surface area contributed by atoms with Gasteiger partial charge in [-0.2, -0.15) is 0 Å². The van der Waals surface area contributed by atoms with Gasteiger partial charge in [0.1, 0.15) is 11.2 Å². The lowest BCUT2D eigenvalue weighted by molar-refractivity contribution is 0.00322. The molecule has 274 valence electrons. The number of hydrogen-bond acceptors (Lipinski definition) is 2. The Hall–Kier alpha value is -3.85. The molecule has 0 radical (unpaired) electrons. The van der Waals surface area contributed by atoms with E-state index < -0.39 is 0 Å². The maximum atomic E-state index is 14.6. The summed E-state index contributed by atoms with van der Waals surface area (Å²) in [7, 11) is 0. The molecule has 0 aliphatic heterocycles. The fourth-order valence-electron chi connectivity index (χ4n) is 17.4. The third-order valence-electron chi connectivity index (χ3n) is 19.9. The standard InChI is InChI=1S/C52H49NO2/c1-50-5-7-51(2,8-6-50)49(54)37-20-42-38(19-40(37)50)46-47-39(45-41(53(42)47)4-3-32-26-10-24-9-25(11-26)13-27(12-24)44(32)45)18-36-35-17-33-28-14-30-16-31-15-29(23-52(30,31)22-28)34(33)21-43(35)55-48(36)46/h3-4,17-21,24-31H,5-16,22-23H2,1-2H3. The zero-order valence-electron chi connectivity index (χ0n) is 32.3. The predicted octanol–water partition coefficient (Wildman–Crippen LogP) is 13.6. The summed E-state index contributed by atoms with van der Waals surface area (Å²) < 4.78 is 9.94. The first kappa shape index (κ1) is 29.4. The van der Waals surface area contributed by atoms with E-state index in [0.717, 1.165) is 72.0 Å². The summed E-state index contributed by atoms with van der Waals surface area (Å²) in [6.45, 7) is 4.71. The minimum absolute atomic E-state index is 0.0297. The van der Waals surface area contributed by atoms with Crippen molar-refractivity contribution in [2.24, 2.45) is 34.5 Å². The maximum absolute atomic E-state index is 14.6. The van der Waals surface area contributed by atoms with Gasteiger partial charge in [-0.3, -0.25) is 4.79 Å². The number of rotatable bonds is 0. The Morgan fingerprint density at radius 3 is 2.13 bits per heavy atom. The number of nitrogens with zero attached hydrogens (tertiary/aromatic N) is 1. The molecule has 3 heteroatoms. The summed E-state index contributed by atoms with van der Waals surface area (Å²) in [5.74, 6) is 6.90. The molecule has 7 aromatic rings. The Morgan fingerprint density at radius 2 is 1.35 bits per heavy atom. The quantitative estimate of drug-likeness (QED) is 0.156. The number of hydrogen-bond donors (Lipinski definition) is 0. The van der Waals surface area contributed by atoms with Crippen molar-refractivity contribution in [1.82, 2.24) is 4.40 Å². The van der Waals surface area contributed by atoms with Crippen LogP contribution >= 0.6 is 0 Å². The van der Waals surface area contributed by atoms with E-state index in [1.807, 2.05) is 0 Å². The van der Waals surface area contributed by atoms with Crippen molar-refractivity contribution in [3.05, 3.63) is 75.8 Å². The van der Waals surface area contributed by atoms with Crippen LogP contribution in [0.3, 0.4) is 0 Å². The van der Waals surface area contributed by atoms with Crippen molar-refractivity contribution in [3.63, 3.8) is 0 Å². The molecule has 6 saturated carbocycles. The van der Waals surface area contributed by atoms with E-state index in [-0.39, 0.29) is 10.8 Å². The summed E-state index contributed by atoms with van der Waals surface area (Å²) in [6, 6.07) is 17.7. The van der Waals surface area contributed by atoms with E-state index >= 15 is 0 Å². The molecule has 7 unspecified atom stereocenters. The number of furan rings is 1. The molecule has 3 aromatic heterocycles. The van der Waals surface area contributed by atoms with Crippen molar-refractivity contribution in [1.29, 1.82) is 0 Å². The van der Waals surface area contributed by atoms with Gasteiger partial charge < -0.3 is 8.82 Å². The van der Waals surface area contributed by atoms with Crippen molar-refractivity contribution in [2.45, 2.75) is 133 Å². The van der Waals surface area contributed by atoms with Gasteiger partial charge in [-0.15, -0.1) is 0 Å². The lowest BCUT2D eigenvalue weighted by atomic mass is 9.56. The largest absolute Gasteiger partial charge is 0.455 e. The van der Waals surface area contributed by atoms with Gasteiger partial charge in [-0.25, -0.2) is 0 Å². The molecule has 7 atom stereocenters. The first-order chi connectivity index (χ1) is 26.8. The summed E-state index contributed by atoms with van der Waals surface area (Å²) in [4.78, 5) is 14.6. The molecule has 0 amide bonds. The second-order valence-corrected chi connectivity index (χ2v) is 22.2. The molecule has 18 rings (SSSR count). The van der Waals surface area contributed by atoms with Gasteiger partial charge in [0.05, 0.1) is 21.9 Å². The van der Waals surface area contributed by atoms with Crippen LogP contribution in [0.5, 0.6) is 0 Å². The summed E-state index contributed by atoms with van der Waals surface area (Å²) >= 11 is 0. The van der Waals surface area contributed by atoms with Crippen molar-refractivity contribution < 1.29 is 9.21 Å². The lowest BCUT2D eigenvalue weighted by Gasteiger charge is -2.48. The Labute approximate surface area is 321 Å². The number of carbonyl (C=O) groups is 1. The predicted molar refractivity (Wildman–Crippen MR) is 220 cm³/mol. The average Bonchev–Trinajstić information content (AvgIpc) is 3.90. The zero-order chi connectivity index (χ0) is 35.6. The SMILES string of the molecule is CC12CCC(C)(CC1)c1cc3c4c5oc6cc7c(cc6c5cc5c6c8c(ccc6n(c3cc1C2=O)c54)C1CC2CC(C1)CC8C2)C1CC2CC3CC7CC32C1. The Morgan fingerprint density at radius 1 is 0.618 bits per heavy atom. The molecule has 1 spiro atoms. The van der Waals surface area contributed by atoms with Crippen LogP contribution in [0.15, 0.2) is 46.9 Å². The Kier molecular flexibility index (Phi) is 4.72. The Bertz CT molecular complexity index is 3000. The second kappa shape index (κ2) is 8.83. The molecule has 55 heavy (non-hydrogen) atoms. The monoisotopic (exact) mass is 719 g/mol. The smallest absolute Gasteiger partial charge is 0.169 e. The molecular weight excluding hydrogens is 671 g/mol. The van der Waals surface area contributed by atoms with Crippen molar-refractivity contribution in [2.75, 3.05) is 0 Å².